The van der Waals surface area contributed by atoms with Gasteiger partial charge in [-0.05, 0) is 13.0 Å². The molecule has 1 rings (SSSR count). The van der Waals surface area contributed by atoms with Crippen molar-refractivity contribution in [1.29, 1.82) is 0 Å². The fraction of sp³-hybridized carbons (Fsp3) is 0.222. The molecule has 4 N–H and O–H groups in total. The van der Waals surface area contributed by atoms with Crippen molar-refractivity contribution in [3.05, 3.63) is 17.7 Å². The van der Waals surface area contributed by atoms with Gasteiger partial charge in [0.25, 0.3) is 0 Å². The van der Waals surface area contributed by atoms with Crippen molar-refractivity contribution in [3.63, 3.8) is 0 Å². The lowest BCUT2D eigenvalue weighted by Crippen LogP contribution is -1.97. The van der Waals surface area contributed by atoms with Crippen LogP contribution in [-0.4, -0.2) is 26.2 Å². The first kappa shape index (κ1) is 10.2. The van der Waals surface area contributed by atoms with E-state index in [0.29, 0.717) is 11.3 Å². The van der Waals surface area contributed by atoms with E-state index >= 15 is 0 Å². The maximum Gasteiger partial charge on any atom is 0.200 e. The zero-order valence-corrected chi connectivity index (χ0v) is 7.60. The molecule has 0 saturated carbocycles. The van der Waals surface area contributed by atoms with Crippen LogP contribution in [0, 0.1) is 0 Å². The minimum Gasteiger partial charge on any atom is -0.504 e. The minimum atomic E-state index is -0.562. The predicted octanol–water partition coefficient (Wildman–Crippen LogP) is 1.20. The predicted molar refractivity (Wildman–Crippen MR) is 50.0 cm³/mol. The molecule has 0 fully saturated rings. The highest BCUT2D eigenvalue weighted by atomic mass is 16.4. The zero-order valence-electron chi connectivity index (χ0n) is 7.60. The van der Waals surface area contributed by atoms with Crippen LogP contribution >= 0.6 is 0 Å². The minimum absolute atomic E-state index is 0.205. The van der Waals surface area contributed by atoms with E-state index in [-0.39, 0.29) is 12.2 Å². The van der Waals surface area contributed by atoms with Gasteiger partial charge in [0, 0.05) is 12.0 Å². The van der Waals surface area contributed by atoms with Crippen LogP contribution in [0.2, 0.25) is 0 Å². The number of hydrogen-bond donors (Lipinski definition) is 4. The summed E-state index contributed by atoms with van der Waals surface area (Å²) in [4.78, 5) is 0. The van der Waals surface area contributed by atoms with Crippen LogP contribution in [0.25, 0.3) is 0 Å². The number of benzene rings is 1. The summed E-state index contributed by atoms with van der Waals surface area (Å²) in [7, 11) is 0. The molecule has 1 aromatic carbocycles. The summed E-state index contributed by atoms with van der Waals surface area (Å²) in [6.45, 7) is 1.57. The van der Waals surface area contributed by atoms with E-state index in [1.807, 2.05) is 0 Å². The fourth-order valence-electron chi connectivity index (χ4n) is 1.06. The molecule has 1 aromatic rings. The van der Waals surface area contributed by atoms with Gasteiger partial charge in [-0.1, -0.05) is 11.2 Å². The Morgan fingerprint density at radius 1 is 1.21 bits per heavy atom. The lowest BCUT2D eigenvalue weighted by atomic mass is 10.1. The summed E-state index contributed by atoms with van der Waals surface area (Å²) < 4.78 is 0. The highest BCUT2D eigenvalue weighted by Gasteiger charge is 2.11. The molecule has 0 aliphatic rings. The summed E-state index contributed by atoms with van der Waals surface area (Å²) in [5, 5.41) is 38.9. The number of phenols is 3. The van der Waals surface area contributed by atoms with Crippen molar-refractivity contribution >= 4 is 5.71 Å². The normalized spacial score (nSPS) is 11.6. The molecule has 0 radical (unpaired) electrons. The maximum absolute atomic E-state index is 9.38. The third-order valence-electron chi connectivity index (χ3n) is 1.83. The van der Waals surface area contributed by atoms with E-state index in [2.05, 4.69) is 5.16 Å². The van der Waals surface area contributed by atoms with Gasteiger partial charge in [-0.25, -0.2) is 0 Å². The molecule has 5 heteroatoms. The smallest absolute Gasteiger partial charge is 0.200 e. The summed E-state index contributed by atoms with van der Waals surface area (Å²) in [6, 6.07) is 2.70. The summed E-state index contributed by atoms with van der Waals surface area (Å²) in [6.07, 6.45) is 0.205. The molecular formula is C9H11NO4. The van der Waals surface area contributed by atoms with Crippen molar-refractivity contribution < 1.29 is 20.5 Å². The Morgan fingerprint density at radius 3 is 2.43 bits per heavy atom. The summed E-state index contributed by atoms with van der Waals surface area (Å²) >= 11 is 0. The van der Waals surface area contributed by atoms with Gasteiger partial charge >= 0.3 is 0 Å². The molecule has 0 atom stereocenters. The Labute approximate surface area is 80.6 Å². The van der Waals surface area contributed by atoms with Crippen molar-refractivity contribution in [1.82, 2.24) is 0 Å². The molecule has 0 unspecified atom stereocenters. The van der Waals surface area contributed by atoms with E-state index in [1.54, 1.807) is 6.92 Å². The van der Waals surface area contributed by atoms with Gasteiger partial charge in [0.05, 0.1) is 5.71 Å². The Kier molecular flexibility index (Phi) is 2.81. The molecule has 0 amide bonds. The number of phenolic OH excluding ortho intramolecular Hbond substituents is 3. The lowest BCUT2D eigenvalue weighted by molar-refractivity contribution is 0.317. The Balaban J connectivity index is 3.06. The quantitative estimate of drug-likeness (QED) is 0.248. The second-order valence-corrected chi connectivity index (χ2v) is 2.95. The molecule has 76 valence electrons. The van der Waals surface area contributed by atoms with Gasteiger partial charge in [0.15, 0.2) is 11.5 Å². The lowest BCUT2D eigenvalue weighted by Gasteiger charge is -2.06. The molecule has 0 saturated heterocycles. The molecule has 0 aromatic heterocycles. The topological polar surface area (TPSA) is 93.3 Å². The van der Waals surface area contributed by atoms with Crippen LogP contribution < -0.4 is 0 Å². The Morgan fingerprint density at radius 2 is 1.86 bits per heavy atom. The summed E-state index contributed by atoms with van der Waals surface area (Å²) in [5.41, 5.74) is 0.779. The highest BCUT2D eigenvalue weighted by molar-refractivity contribution is 5.84. The van der Waals surface area contributed by atoms with Crippen LogP contribution in [-0.2, 0) is 6.42 Å². The monoisotopic (exact) mass is 197 g/mol. The summed E-state index contributed by atoms with van der Waals surface area (Å²) in [5.74, 6) is -1.34. The number of aromatic hydroxyl groups is 3. The second-order valence-electron chi connectivity index (χ2n) is 2.95. The van der Waals surface area contributed by atoms with E-state index in [9.17, 15) is 10.2 Å². The third-order valence-corrected chi connectivity index (χ3v) is 1.83. The maximum atomic E-state index is 9.38. The van der Waals surface area contributed by atoms with Crippen LogP contribution in [0.1, 0.15) is 12.5 Å². The first-order valence-electron chi connectivity index (χ1n) is 3.96. The van der Waals surface area contributed by atoms with Crippen molar-refractivity contribution in [2.75, 3.05) is 0 Å². The first-order valence-corrected chi connectivity index (χ1v) is 3.96. The standard InChI is InChI=1S/C9H11NO4/c1-5(10-14)4-6-2-3-7(11)9(13)8(6)12/h2-3,11-14H,4H2,1H3/b10-5+. The number of rotatable bonds is 2. The van der Waals surface area contributed by atoms with Crippen LogP contribution in [0.15, 0.2) is 17.3 Å². The molecule has 0 spiro atoms. The molecule has 0 bridgehead atoms. The fourth-order valence-corrected chi connectivity index (χ4v) is 1.06. The van der Waals surface area contributed by atoms with Crippen LogP contribution in [0.3, 0.4) is 0 Å². The SMILES string of the molecule is C/C(Cc1ccc(O)c(O)c1O)=N\O. The zero-order chi connectivity index (χ0) is 10.7. The number of hydrogen-bond acceptors (Lipinski definition) is 5. The van der Waals surface area contributed by atoms with Gasteiger partial charge in [-0.15, -0.1) is 0 Å². The van der Waals surface area contributed by atoms with Gasteiger partial charge < -0.3 is 20.5 Å². The van der Waals surface area contributed by atoms with Crippen molar-refractivity contribution in [3.8, 4) is 17.2 Å². The highest BCUT2D eigenvalue weighted by Crippen LogP contribution is 2.37. The number of oxime groups is 1. The van der Waals surface area contributed by atoms with Crippen molar-refractivity contribution in [2.45, 2.75) is 13.3 Å². The van der Waals surface area contributed by atoms with E-state index in [4.69, 9.17) is 10.3 Å². The van der Waals surface area contributed by atoms with E-state index in [0.717, 1.165) is 0 Å². The Bertz CT molecular complexity index is 373. The van der Waals surface area contributed by atoms with Gasteiger partial charge in [-0.3, -0.25) is 0 Å². The van der Waals surface area contributed by atoms with Gasteiger partial charge in [0.2, 0.25) is 5.75 Å². The molecule has 0 heterocycles. The van der Waals surface area contributed by atoms with Crippen LogP contribution in [0.4, 0.5) is 0 Å². The molecule has 0 aliphatic heterocycles. The van der Waals surface area contributed by atoms with Crippen LogP contribution in [0.5, 0.6) is 17.2 Å². The Hall–Kier alpha value is -1.91. The molecule has 14 heavy (non-hydrogen) atoms. The molecular weight excluding hydrogens is 186 g/mol. The van der Waals surface area contributed by atoms with Gasteiger partial charge in [0.1, 0.15) is 0 Å². The van der Waals surface area contributed by atoms with E-state index in [1.165, 1.54) is 12.1 Å². The number of nitrogens with zero attached hydrogens (tertiary/aromatic N) is 1. The first-order chi connectivity index (χ1) is 6.56. The molecule has 5 nitrogen and oxygen atoms in total. The van der Waals surface area contributed by atoms with E-state index < -0.39 is 11.5 Å². The second kappa shape index (κ2) is 3.87. The average molecular weight is 197 g/mol. The molecule has 0 aliphatic carbocycles. The average Bonchev–Trinajstić information content (AvgIpc) is 2.19. The van der Waals surface area contributed by atoms with Gasteiger partial charge in [-0.2, -0.15) is 0 Å². The van der Waals surface area contributed by atoms with Crippen molar-refractivity contribution in [2.24, 2.45) is 5.16 Å². The third kappa shape index (κ3) is 1.87. The largest absolute Gasteiger partial charge is 0.504 e.